The van der Waals surface area contributed by atoms with Gasteiger partial charge in [-0.2, -0.15) is 0 Å². The van der Waals surface area contributed by atoms with Crippen LogP contribution in [0.3, 0.4) is 0 Å². The number of rotatable bonds is 8. The minimum Gasteiger partial charge on any atom is -0.465 e. The van der Waals surface area contributed by atoms with Crippen molar-refractivity contribution in [3.63, 3.8) is 0 Å². The molecule has 0 bridgehead atoms. The first-order valence-electron chi connectivity index (χ1n) is 13.1. The third kappa shape index (κ3) is 6.66. The highest BCUT2D eigenvalue weighted by atomic mass is 32.2. The summed E-state index contributed by atoms with van der Waals surface area (Å²) >= 11 is 1.58. The maximum atomic E-state index is 14.1. The van der Waals surface area contributed by atoms with Crippen LogP contribution in [0.25, 0.3) is 10.4 Å². The minimum absolute atomic E-state index is 0.0936. The quantitative estimate of drug-likeness (QED) is 0.367. The van der Waals surface area contributed by atoms with Crippen molar-refractivity contribution in [2.45, 2.75) is 101 Å². The van der Waals surface area contributed by atoms with E-state index < -0.39 is 15.8 Å². The number of carbonyl (C=O) groups excluding carboxylic acids is 1. The summed E-state index contributed by atoms with van der Waals surface area (Å²) in [5.74, 6) is 0.282. The lowest BCUT2D eigenvalue weighted by Gasteiger charge is -2.28. The molecule has 0 spiro atoms. The van der Waals surface area contributed by atoms with Gasteiger partial charge in [0.15, 0.2) is 0 Å². The number of aromatic nitrogens is 1. The van der Waals surface area contributed by atoms with Crippen LogP contribution in [0, 0.1) is 0 Å². The van der Waals surface area contributed by atoms with E-state index in [2.05, 4.69) is 9.68 Å². The van der Waals surface area contributed by atoms with Gasteiger partial charge in [-0.15, -0.1) is 11.3 Å². The van der Waals surface area contributed by atoms with Crippen LogP contribution in [0.1, 0.15) is 78.2 Å². The van der Waals surface area contributed by atoms with Crippen LogP contribution in [-0.2, 0) is 14.5 Å². The summed E-state index contributed by atoms with van der Waals surface area (Å²) in [4.78, 5) is 31.3. The number of carbonyl (C=O) groups is 2. The Balaban J connectivity index is 1.90. The van der Waals surface area contributed by atoms with Crippen LogP contribution in [0.5, 0.6) is 0 Å². The van der Waals surface area contributed by atoms with E-state index in [9.17, 15) is 18.9 Å². The van der Waals surface area contributed by atoms with Crippen molar-refractivity contribution >= 4 is 38.9 Å². The van der Waals surface area contributed by atoms with Crippen molar-refractivity contribution in [2.75, 3.05) is 11.9 Å². The topological polar surface area (TPSA) is 121 Å². The van der Waals surface area contributed by atoms with Crippen molar-refractivity contribution in [1.82, 2.24) is 10.3 Å². The summed E-state index contributed by atoms with van der Waals surface area (Å²) in [6, 6.07) is 5.12. The second-order valence-electron chi connectivity index (χ2n) is 10.4. The number of ether oxygens (including phenoxy) is 1. The van der Waals surface area contributed by atoms with Gasteiger partial charge in [-0.05, 0) is 79.4 Å². The molecule has 0 saturated heterocycles. The van der Waals surface area contributed by atoms with E-state index in [4.69, 9.17) is 9.72 Å². The van der Waals surface area contributed by atoms with E-state index in [1.54, 1.807) is 44.4 Å². The average molecular weight is 565 g/mol. The largest absolute Gasteiger partial charge is 0.465 e. The first-order valence-corrected chi connectivity index (χ1v) is 15.5. The maximum absolute atomic E-state index is 14.1. The summed E-state index contributed by atoms with van der Waals surface area (Å²) in [6.07, 6.45) is 3.74. The Bertz CT molecular complexity index is 1260. The van der Waals surface area contributed by atoms with E-state index in [0.717, 1.165) is 41.1 Å². The predicted octanol–water partition coefficient (Wildman–Crippen LogP) is 6.73. The van der Waals surface area contributed by atoms with Gasteiger partial charge in [0.1, 0.15) is 0 Å². The minimum atomic E-state index is -2.82. The number of thiazole rings is 1. The van der Waals surface area contributed by atoms with E-state index in [-0.39, 0.29) is 35.4 Å². The zero-order valence-electron chi connectivity index (χ0n) is 23.3. The van der Waals surface area contributed by atoms with Gasteiger partial charge in [0.2, 0.25) is 0 Å². The maximum Gasteiger partial charge on any atom is 0.412 e. The molecule has 2 N–H and O–H groups in total. The van der Waals surface area contributed by atoms with Crippen LogP contribution in [0.4, 0.5) is 15.3 Å². The van der Waals surface area contributed by atoms with E-state index in [1.165, 1.54) is 4.90 Å². The third-order valence-corrected chi connectivity index (χ3v) is 10.7. The molecule has 38 heavy (non-hydrogen) atoms. The second-order valence-corrected chi connectivity index (χ2v) is 14.4. The lowest BCUT2D eigenvalue weighted by molar-refractivity contribution is 0.109. The molecule has 11 heteroatoms. The Kier molecular flexibility index (Phi) is 9.80. The Labute approximate surface area is 230 Å². The Morgan fingerprint density at radius 2 is 1.82 bits per heavy atom. The number of carboxylic acid groups (broad SMARTS) is 1. The van der Waals surface area contributed by atoms with Crippen LogP contribution < -0.4 is 10.2 Å². The fourth-order valence-corrected chi connectivity index (χ4v) is 7.90. The molecule has 3 rings (SSSR count). The van der Waals surface area contributed by atoms with Gasteiger partial charge in [0.25, 0.3) is 0 Å². The van der Waals surface area contributed by atoms with Crippen LogP contribution in [0.15, 0.2) is 33.7 Å². The Morgan fingerprint density at radius 3 is 2.34 bits per heavy atom. The number of nitrogens with one attached hydrogen (secondary N) is 1. The Morgan fingerprint density at radius 1 is 1.16 bits per heavy atom. The number of alkyl carbamates (subject to hydrolysis) is 1. The lowest BCUT2D eigenvalue weighted by atomic mass is 9.86. The highest BCUT2D eigenvalue weighted by molar-refractivity contribution is 7.94. The van der Waals surface area contributed by atoms with Gasteiger partial charge in [0, 0.05) is 47.7 Å². The highest BCUT2D eigenvalue weighted by Gasteiger charge is 2.29. The Hall–Kier alpha value is -2.66. The predicted molar refractivity (Wildman–Crippen MR) is 153 cm³/mol. The molecule has 2 amide bonds. The number of hydrogen-bond donors (Lipinski definition) is 2. The van der Waals surface area contributed by atoms with Crippen molar-refractivity contribution in [3.05, 3.63) is 29.4 Å². The molecular formula is C27H40N4O5S2. The van der Waals surface area contributed by atoms with Gasteiger partial charge in [0.05, 0.1) is 30.6 Å². The summed E-state index contributed by atoms with van der Waals surface area (Å²) in [6.45, 7) is 11.0. The first-order chi connectivity index (χ1) is 17.9. The first kappa shape index (κ1) is 29.9. The normalized spacial score (nSPS) is 19.3. The van der Waals surface area contributed by atoms with Crippen LogP contribution in [0.2, 0.25) is 0 Å². The van der Waals surface area contributed by atoms with E-state index in [1.807, 2.05) is 40.0 Å². The zero-order valence-corrected chi connectivity index (χ0v) is 24.9. The smallest absolute Gasteiger partial charge is 0.412 e. The standard InChI is InChI=1S/C27H40N4O5S2/c1-16(2)31(27(33)34)21-12-13-22(24(14-21)38(35,28-7)18(5)6)23-15-29-25(37-23)19-8-10-20(11-9-19)30-26(32)36-17(3)4/h12-20H,8-11H2,1-7H3,(H,30,32)(H,33,34). The summed E-state index contributed by atoms with van der Waals surface area (Å²) < 4.78 is 23.6. The molecule has 1 unspecified atom stereocenters. The van der Waals surface area contributed by atoms with Crippen molar-refractivity contribution in [3.8, 4) is 10.4 Å². The SMILES string of the molecule is CN=S(=O)(c1cc(N(C(=O)O)C(C)C)ccc1-c1cnc(C2CCC(NC(=O)OC(C)C)CC2)s1)C(C)C. The zero-order chi connectivity index (χ0) is 28.2. The summed E-state index contributed by atoms with van der Waals surface area (Å²) in [5.41, 5.74) is 1.23. The number of anilines is 1. The van der Waals surface area contributed by atoms with Gasteiger partial charge in [-0.1, -0.05) is 6.07 Å². The fraction of sp³-hybridized carbons (Fsp3) is 0.593. The molecule has 0 aliphatic heterocycles. The molecule has 1 aromatic carbocycles. The van der Waals surface area contributed by atoms with Gasteiger partial charge in [-0.25, -0.2) is 23.1 Å². The van der Waals surface area contributed by atoms with E-state index in [0.29, 0.717) is 10.6 Å². The molecule has 2 aromatic rings. The average Bonchev–Trinajstić information content (AvgIpc) is 3.33. The van der Waals surface area contributed by atoms with Crippen LogP contribution >= 0.6 is 11.3 Å². The fourth-order valence-electron chi connectivity index (χ4n) is 4.80. The third-order valence-electron chi connectivity index (χ3n) is 6.72. The molecule has 1 aliphatic carbocycles. The molecule has 1 aliphatic rings. The summed E-state index contributed by atoms with van der Waals surface area (Å²) in [7, 11) is -1.27. The molecule has 1 saturated carbocycles. The molecule has 1 heterocycles. The van der Waals surface area contributed by atoms with Gasteiger partial charge in [-0.3, -0.25) is 4.90 Å². The molecule has 1 aromatic heterocycles. The monoisotopic (exact) mass is 564 g/mol. The molecular weight excluding hydrogens is 524 g/mol. The van der Waals surface area contributed by atoms with Crippen molar-refractivity contribution in [2.24, 2.45) is 4.36 Å². The number of nitrogens with zero attached hydrogens (tertiary/aromatic N) is 3. The molecule has 1 atom stereocenters. The van der Waals surface area contributed by atoms with Gasteiger partial charge < -0.3 is 15.2 Å². The summed E-state index contributed by atoms with van der Waals surface area (Å²) in [5, 5.41) is 13.5. The highest BCUT2D eigenvalue weighted by Crippen LogP contribution is 2.41. The number of benzene rings is 1. The second kappa shape index (κ2) is 12.5. The molecule has 0 radical (unpaired) electrons. The van der Waals surface area contributed by atoms with Gasteiger partial charge >= 0.3 is 12.2 Å². The van der Waals surface area contributed by atoms with Crippen molar-refractivity contribution < 1.29 is 23.6 Å². The number of amides is 2. The molecule has 9 nitrogen and oxygen atoms in total. The molecule has 1 fully saturated rings. The van der Waals surface area contributed by atoms with Crippen molar-refractivity contribution in [1.29, 1.82) is 0 Å². The molecule has 210 valence electrons. The van der Waals surface area contributed by atoms with E-state index >= 15 is 0 Å². The lowest BCUT2D eigenvalue weighted by Crippen LogP contribution is -2.38. The van der Waals surface area contributed by atoms with Crippen LogP contribution in [-0.4, -0.2) is 57.0 Å². The number of hydrogen-bond acceptors (Lipinski definition) is 7.